The van der Waals surface area contributed by atoms with E-state index >= 15 is 0 Å². The van der Waals surface area contributed by atoms with Gasteiger partial charge in [0.05, 0.1) is 6.61 Å². The minimum atomic E-state index is 0.455. The van der Waals surface area contributed by atoms with E-state index < -0.39 is 0 Å². The summed E-state index contributed by atoms with van der Waals surface area (Å²) in [6.45, 7) is 3.94. The lowest BCUT2D eigenvalue weighted by atomic mass is 10.1. The normalized spacial score (nSPS) is 12.3. The van der Waals surface area contributed by atoms with Gasteiger partial charge in [-0.2, -0.15) is 0 Å². The summed E-state index contributed by atoms with van der Waals surface area (Å²) in [5, 5.41) is 3.33. The van der Waals surface area contributed by atoms with Crippen LogP contribution in [0, 0.1) is 0 Å². The molecule has 0 bridgehead atoms. The lowest BCUT2D eigenvalue weighted by molar-refractivity contribution is 0.302. The molecule has 0 spiro atoms. The molecule has 0 amide bonds. The van der Waals surface area contributed by atoms with Gasteiger partial charge in [0.25, 0.3) is 0 Å². The summed E-state index contributed by atoms with van der Waals surface area (Å²) >= 11 is 0. The molecule has 20 heavy (non-hydrogen) atoms. The molecule has 1 N–H and O–H groups in total. The fraction of sp³-hybridized carbons (Fsp3) is 0.412. The molecule has 1 aromatic heterocycles. The largest absolute Gasteiger partial charge is 0.494 e. The molecular weight excluding hydrogens is 248 g/mol. The Morgan fingerprint density at radius 2 is 2.00 bits per heavy atom. The molecule has 3 heteroatoms. The summed E-state index contributed by atoms with van der Waals surface area (Å²) in [4.78, 5) is 0. The van der Waals surface area contributed by atoms with Gasteiger partial charge in [-0.15, -0.1) is 0 Å². The van der Waals surface area contributed by atoms with Gasteiger partial charge in [0.15, 0.2) is 0 Å². The van der Waals surface area contributed by atoms with Crippen molar-refractivity contribution in [1.82, 2.24) is 9.88 Å². The molecule has 0 saturated carbocycles. The Kier molecular flexibility index (Phi) is 5.69. The van der Waals surface area contributed by atoms with Crippen molar-refractivity contribution in [3.05, 3.63) is 54.4 Å². The molecule has 0 radical (unpaired) electrons. The Labute approximate surface area is 121 Å². The average Bonchev–Trinajstić information content (AvgIpc) is 2.95. The molecule has 1 atom stereocenters. The maximum Gasteiger partial charge on any atom is 0.119 e. The second-order valence-corrected chi connectivity index (χ2v) is 4.95. The number of para-hydroxylation sites is 1. The van der Waals surface area contributed by atoms with Gasteiger partial charge in [-0.25, -0.2) is 0 Å². The smallest absolute Gasteiger partial charge is 0.119 e. The first-order valence-electron chi connectivity index (χ1n) is 7.34. The third-order valence-corrected chi connectivity index (χ3v) is 3.51. The van der Waals surface area contributed by atoms with Gasteiger partial charge in [-0.3, -0.25) is 0 Å². The molecule has 1 unspecified atom stereocenters. The molecular formula is C17H24N2O. The van der Waals surface area contributed by atoms with Crippen LogP contribution in [0.4, 0.5) is 0 Å². The lowest BCUT2D eigenvalue weighted by Gasteiger charge is -2.11. The number of hydrogen-bond donors (Lipinski definition) is 1. The van der Waals surface area contributed by atoms with E-state index in [0.29, 0.717) is 6.04 Å². The van der Waals surface area contributed by atoms with Crippen LogP contribution in [-0.2, 0) is 6.54 Å². The number of aromatic nitrogens is 1. The zero-order valence-corrected chi connectivity index (χ0v) is 12.4. The number of hydrogen-bond acceptors (Lipinski definition) is 2. The van der Waals surface area contributed by atoms with Crippen molar-refractivity contribution in [3.63, 3.8) is 0 Å². The maximum absolute atomic E-state index is 5.70. The number of rotatable bonds is 8. The van der Waals surface area contributed by atoms with Crippen molar-refractivity contribution in [1.29, 1.82) is 0 Å². The molecule has 0 aliphatic rings. The zero-order chi connectivity index (χ0) is 14.2. The van der Waals surface area contributed by atoms with Crippen LogP contribution in [0.2, 0.25) is 0 Å². The number of ether oxygens (including phenoxy) is 1. The number of benzene rings is 1. The molecule has 1 aromatic carbocycles. The highest BCUT2D eigenvalue weighted by molar-refractivity contribution is 5.20. The van der Waals surface area contributed by atoms with Crippen LogP contribution in [0.15, 0.2) is 48.8 Å². The molecule has 0 fully saturated rings. The first kappa shape index (κ1) is 14.7. The molecule has 0 aliphatic carbocycles. The van der Waals surface area contributed by atoms with Gasteiger partial charge in [-0.1, -0.05) is 25.1 Å². The molecule has 1 heterocycles. The minimum absolute atomic E-state index is 0.455. The standard InChI is InChI=1S/C17H24N2O/c1-3-17(18-2)15-10-12-19(14-15)11-7-13-20-16-8-5-4-6-9-16/h4-6,8-10,12,14,17-18H,3,7,11,13H2,1-2H3. The highest BCUT2D eigenvalue weighted by atomic mass is 16.5. The number of aryl methyl sites for hydroxylation is 1. The quantitative estimate of drug-likeness (QED) is 0.743. The van der Waals surface area contributed by atoms with Crippen molar-refractivity contribution in [2.24, 2.45) is 0 Å². The summed E-state index contributed by atoms with van der Waals surface area (Å²) in [5.74, 6) is 0.946. The van der Waals surface area contributed by atoms with Crippen LogP contribution < -0.4 is 10.1 Å². The summed E-state index contributed by atoms with van der Waals surface area (Å²) in [7, 11) is 2.01. The SMILES string of the molecule is CCC(NC)c1ccn(CCCOc2ccccc2)c1. The fourth-order valence-electron chi connectivity index (χ4n) is 2.36. The van der Waals surface area contributed by atoms with Crippen molar-refractivity contribution in [2.75, 3.05) is 13.7 Å². The van der Waals surface area contributed by atoms with Crippen molar-refractivity contribution >= 4 is 0 Å². The third-order valence-electron chi connectivity index (χ3n) is 3.51. The number of nitrogens with one attached hydrogen (secondary N) is 1. The Morgan fingerprint density at radius 1 is 1.20 bits per heavy atom. The van der Waals surface area contributed by atoms with E-state index in [-0.39, 0.29) is 0 Å². The Bertz CT molecular complexity index is 489. The van der Waals surface area contributed by atoms with Gasteiger partial charge >= 0.3 is 0 Å². The van der Waals surface area contributed by atoms with Crippen molar-refractivity contribution in [3.8, 4) is 5.75 Å². The van der Waals surface area contributed by atoms with Gasteiger partial charge in [-0.05, 0) is 43.7 Å². The maximum atomic E-state index is 5.70. The van der Waals surface area contributed by atoms with Crippen LogP contribution in [0.1, 0.15) is 31.4 Å². The third kappa shape index (κ3) is 4.14. The molecule has 3 nitrogen and oxygen atoms in total. The highest BCUT2D eigenvalue weighted by Gasteiger charge is 2.07. The average molecular weight is 272 g/mol. The van der Waals surface area contributed by atoms with Crippen LogP contribution in [0.3, 0.4) is 0 Å². The Hall–Kier alpha value is -1.74. The number of nitrogens with zero attached hydrogens (tertiary/aromatic N) is 1. The van der Waals surface area contributed by atoms with Crippen LogP contribution in [-0.4, -0.2) is 18.2 Å². The second-order valence-electron chi connectivity index (χ2n) is 4.95. The van der Waals surface area contributed by atoms with E-state index in [1.54, 1.807) is 0 Å². The van der Waals surface area contributed by atoms with E-state index in [0.717, 1.165) is 31.7 Å². The van der Waals surface area contributed by atoms with E-state index in [1.165, 1.54) is 5.56 Å². The van der Waals surface area contributed by atoms with Crippen molar-refractivity contribution in [2.45, 2.75) is 32.4 Å². The molecule has 108 valence electrons. The highest BCUT2D eigenvalue weighted by Crippen LogP contribution is 2.16. The monoisotopic (exact) mass is 272 g/mol. The van der Waals surface area contributed by atoms with Crippen LogP contribution in [0.25, 0.3) is 0 Å². The van der Waals surface area contributed by atoms with Crippen LogP contribution in [0.5, 0.6) is 5.75 Å². The van der Waals surface area contributed by atoms with Gasteiger partial charge in [0, 0.05) is 25.0 Å². The van der Waals surface area contributed by atoms with Gasteiger partial charge in [0.2, 0.25) is 0 Å². The molecule has 0 saturated heterocycles. The molecule has 2 rings (SSSR count). The van der Waals surface area contributed by atoms with Crippen LogP contribution >= 0.6 is 0 Å². The minimum Gasteiger partial charge on any atom is -0.494 e. The first-order chi connectivity index (χ1) is 9.83. The topological polar surface area (TPSA) is 26.2 Å². The van der Waals surface area contributed by atoms with Gasteiger partial charge < -0.3 is 14.6 Å². The van der Waals surface area contributed by atoms with E-state index in [4.69, 9.17) is 4.74 Å². The molecule has 2 aromatic rings. The van der Waals surface area contributed by atoms with E-state index in [2.05, 4.69) is 35.3 Å². The second kappa shape index (κ2) is 7.75. The summed E-state index contributed by atoms with van der Waals surface area (Å²) < 4.78 is 7.94. The summed E-state index contributed by atoms with van der Waals surface area (Å²) in [5.41, 5.74) is 1.36. The van der Waals surface area contributed by atoms with Gasteiger partial charge in [0.1, 0.15) is 5.75 Å². The Morgan fingerprint density at radius 3 is 2.70 bits per heavy atom. The van der Waals surface area contributed by atoms with Crippen molar-refractivity contribution < 1.29 is 4.74 Å². The van der Waals surface area contributed by atoms with E-state index in [9.17, 15) is 0 Å². The predicted molar refractivity (Wildman–Crippen MR) is 83.1 cm³/mol. The first-order valence-corrected chi connectivity index (χ1v) is 7.34. The zero-order valence-electron chi connectivity index (χ0n) is 12.4. The Balaban J connectivity index is 1.74. The predicted octanol–water partition coefficient (Wildman–Crippen LogP) is 3.63. The molecule has 0 aliphatic heterocycles. The van der Waals surface area contributed by atoms with E-state index in [1.807, 2.05) is 37.4 Å². The summed E-state index contributed by atoms with van der Waals surface area (Å²) in [6, 6.07) is 12.6. The fourth-order valence-corrected chi connectivity index (χ4v) is 2.36. The summed E-state index contributed by atoms with van der Waals surface area (Å²) in [6.07, 6.45) is 6.50. The lowest BCUT2D eigenvalue weighted by Crippen LogP contribution is -2.14.